The maximum absolute atomic E-state index is 5.25. The lowest BCUT2D eigenvalue weighted by Crippen LogP contribution is -2.25. The summed E-state index contributed by atoms with van der Waals surface area (Å²) in [7, 11) is 0. The van der Waals surface area contributed by atoms with Gasteiger partial charge in [-0.15, -0.1) is 0 Å². The highest BCUT2D eigenvalue weighted by Crippen LogP contribution is 2.08. The highest BCUT2D eigenvalue weighted by atomic mass is 15.2. The number of benzene rings is 1. The van der Waals surface area contributed by atoms with Crippen LogP contribution >= 0.6 is 0 Å². The molecule has 0 bridgehead atoms. The molecule has 0 heterocycles. The molecule has 0 saturated carbocycles. The summed E-state index contributed by atoms with van der Waals surface area (Å²) in [4.78, 5) is 0. The highest BCUT2D eigenvalue weighted by molar-refractivity contribution is 5.17. The summed E-state index contributed by atoms with van der Waals surface area (Å²) in [5, 5.41) is 0. The Bertz CT molecular complexity index is 184. The molecular formula is C8H12N2. The second-order valence-corrected chi connectivity index (χ2v) is 2.30. The minimum atomic E-state index is 0.237. The molecule has 1 rings (SSSR count). The van der Waals surface area contributed by atoms with Crippen molar-refractivity contribution in [1.29, 1.82) is 0 Å². The number of nitrogens with two attached hydrogens (primary N) is 1. The summed E-state index contributed by atoms with van der Waals surface area (Å²) in [5.74, 6) is 5.25. The van der Waals surface area contributed by atoms with Crippen molar-refractivity contribution in [3.63, 3.8) is 0 Å². The van der Waals surface area contributed by atoms with Crippen LogP contribution in [0.25, 0.3) is 0 Å². The molecule has 1 aromatic rings. The zero-order valence-electron chi connectivity index (χ0n) is 6.04. The van der Waals surface area contributed by atoms with E-state index in [1.807, 2.05) is 37.3 Å². The van der Waals surface area contributed by atoms with Gasteiger partial charge in [-0.05, 0) is 12.5 Å². The van der Waals surface area contributed by atoms with Gasteiger partial charge in [-0.2, -0.15) is 0 Å². The summed E-state index contributed by atoms with van der Waals surface area (Å²) in [5.41, 5.74) is 3.89. The molecule has 2 heteroatoms. The Morgan fingerprint density at radius 2 is 1.90 bits per heavy atom. The molecule has 54 valence electrons. The van der Waals surface area contributed by atoms with Gasteiger partial charge in [0.15, 0.2) is 0 Å². The topological polar surface area (TPSA) is 38.0 Å². The molecule has 0 aliphatic carbocycles. The van der Waals surface area contributed by atoms with Crippen LogP contribution in [0, 0.1) is 0 Å². The van der Waals surface area contributed by atoms with Gasteiger partial charge < -0.3 is 0 Å². The number of rotatable bonds is 2. The molecule has 0 aliphatic heterocycles. The van der Waals surface area contributed by atoms with E-state index in [0.717, 1.165) is 0 Å². The van der Waals surface area contributed by atoms with Crippen molar-refractivity contribution in [1.82, 2.24) is 5.43 Å². The van der Waals surface area contributed by atoms with Crippen LogP contribution in [0.4, 0.5) is 0 Å². The van der Waals surface area contributed by atoms with Crippen LogP contribution in [0.2, 0.25) is 0 Å². The van der Waals surface area contributed by atoms with Gasteiger partial charge in [-0.25, -0.2) is 0 Å². The first-order chi connectivity index (χ1) is 4.84. The smallest absolute Gasteiger partial charge is 0.0431 e. The van der Waals surface area contributed by atoms with Gasteiger partial charge in [0.2, 0.25) is 0 Å². The SMILES string of the molecule is C[C@H](NN)c1ccccc1. The van der Waals surface area contributed by atoms with Gasteiger partial charge in [-0.3, -0.25) is 11.3 Å². The summed E-state index contributed by atoms with van der Waals surface area (Å²) < 4.78 is 0. The molecule has 0 fully saturated rings. The lowest BCUT2D eigenvalue weighted by Gasteiger charge is -2.08. The zero-order chi connectivity index (χ0) is 7.40. The fraction of sp³-hybridized carbons (Fsp3) is 0.250. The highest BCUT2D eigenvalue weighted by Gasteiger charge is 1.98. The molecule has 0 aromatic heterocycles. The van der Waals surface area contributed by atoms with Crippen molar-refractivity contribution in [2.45, 2.75) is 13.0 Å². The molecule has 10 heavy (non-hydrogen) atoms. The number of nitrogens with one attached hydrogen (secondary N) is 1. The Balaban J connectivity index is 2.75. The van der Waals surface area contributed by atoms with E-state index >= 15 is 0 Å². The van der Waals surface area contributed by atoms with Crippen LogP contribution in [0.3, 0.4) is 0 Å². The summed E-state index contributed by atoms with van der Waals surface area (Å²) in [6, 6.07) is 10.3. The monoisotopic (exact) mass is 136 g/mol. The third-order valence-electron chi connectivity index (χ3n) is 1.55. The van der Waals surface area contributed by atoms with Gasteiger partial charge in [0.05, 0.1) is 0 Å². The lowest BCUT2D eigenvalue weighted by molar-refractivity contribution is 0.602. The Morgan fingerprint density at radius 1 is 1.30 bits per heavy atom. The average molecular weight is 136 g/mol. The molecular weight excluding hydrogens is 124 g/mol. The fourth-order valence-corrected chi connectivity index (χ4v) is 0.838. The Morgan fingerprint density at radius 3 is 2.40 bits per heavy atom. The van der Waals surface area contributed by atoms with Crippen molar-refractivity contribution in [3.05, 3.63) is 35.9 Å². The van der Waals surface area contributed by atoms with Crippen LogP contribution in [0.5, 0.6) is 0 Å². The second-order valence-electron chi connectivity index (χ2n) is 2.30. The van der Waals surface area contributed by atoms with Crippen LogP contribution < -0.4 is 11.3 Å². The first-order valence-electron chi connectivity index (χ1n) is 3.35. The van der Waals surface area contributed by atoms with Gasteiger partial charge in [0.1, 0.15) is 0 Å². The number of hydrazine groups is 1. The second kappa shape index (κ2) is 3.34. The van der Waals surface area contributed by atoms with E-state index in [0.29, 0.717) is 0 Å². The van der Waals surface area contributed by atoms with Crippen molar-refractivity contribution < 1.29 is 0 Å². The lowest BCUT2D eigenvalue weighted by atomic mass is 10.1. The number of hydrogen-bond acceptors (Lipinski definition) is 2. The molecule has 0 unspecified atom stereocenters. The maximum Gasteiger partial charge on any atom is 0.0431 e. The fourth-order valence-electron chi connectivity index (χ4n) is 0.838. The Labute approximate surface area is 61.0 Å². The molecule has 2 nitrogen and oxygen atoms in total. The quantitative estimate of drug-likeness (QED) is 0.473. The Hall–Kier alpha value is -0.860. The van der Waals surface area contributed by atoms with E-state index in [-0.39, 0.29) is 6.04 Å². The molecule has 0 aliphatic rings. The molecule has 0 amide bonds. The molecule has 0 radical (unpaired) electrons. The van der Waals surface area contributed by atoms with E-state index in [1.54, 1.807) is 0 Å². The van der Waals surface area contributed by atoms with Gasteiger partial charge in [0.25, 0.3) is 0 Å². The summed E-state index contributed by atoms with van der Waals surface area (Å²) in [6.07, 6.45) is 0. The normalized spacial score (nSPS) is 13.0. The molecule has 1 atom stereocenters. The maximum atomic E-state index is 5.25. The van der Waals surface area contributed by atoms with Crippen LogP contribution in [0.15, 0.2) is 30.3 Å². The minimum Gasteiger partial charge on any atom is -0.271 e. The van der Waals surface area contributed by atoms with Crippen molar-refractivity contribution in [2.75, 3.05) is 0 Å². The summed E-state index contributed by atoms with van der Waals surface area (Å²) >= 11 is 0. The minimum absolute atomic E-state index is 0.237. The third-order valence-corrected chi connectivity index (χ3v) is 1.55. The van der Waals surface area contributed by atoms with E-state index in [2.05, 4.69) is 5.43 Å². The van der Waals surface area contributed by atoms with Crippen molar-refractivity contribution in [2.24, 2.45) is 5.84 Å². The van der Waals surface area contributed by atoms with Gasteiger partial charge in [0, 0.05) is 6.04 Å². The first kappa shape index (κ1) is 7.25. The molecule has 0 spiro atoms. The standard InChI is InChI=1S/C8H12N2/c1-7(10-9)8-5-3-2-4-6-8/h2-7,10H,9H2,1H3/t7-/m0/s1. The first-order valence-corrected chi connectivity index (χ1v) is 3.35. The predicted molar refractivity (Wildman–Crippen MR) is 42.2 cm³/mol. The van der Waals surface area contributed by atoms with E-state index in [1.165, 1.54) is 5.56 Å². The van der Waals surface area contributed by atoms with E-state index in [4.69, 9.17) is 5.84 Å². The van der Waals surface area contributed by atoms with Crippen molar-refractivity contribution >= 4 is 0 Å². The molecule has 1 aromatic carbocycles. The number of hydrogen-bond donors (Lipinski definition) is 2. The van der Waals surface area contributed by atoms with Crippen molar-refractivity contribution in [3.8, 4) is 0 Å². The summed E-state index contributed by atoms with van der Waals surface area (Å²) in [6.45, 7) is 2.02. The zero-order valence-corrected chi connectivity index (χ0v) is 6.04. The predicted octanol–water partition coefficient (Wildman–Crippen LogP) is 1.21. The van der Waals surface area contributed by atoms with Gasteiger partial charge >= 0.3 is 0 Å². The van der Waals surface area contributed by atoms with Crippen LogP contribution in [-0.4, -0.2) is 0 Å². The largest absolute Gasteiger partial charge is 0.271 e. The van der Waals surface area contributed by atoms with Gasteiger partial charge in [-0.1, -0.05) is 30.3 Å². The van der Waals surface area contributed by atoms with Crippen LogP contribution in [-0.2, 0) is 0 Å². The average Bonchev–Trinajstić information content (AvgIpc) is 2.05. The van der Waals surface area contributed by atoms with E-state index < -0.39 is 0 Å². The third kappa shape index (κ3) is 1.56. The molecule has 0 saturated heterocycles. The van der Waals surface area contributed by atoms with Crippen LogP contribution in [0.1, 0.15) is 18.5 Å². The van der Waals surface area contributed by atoms with E-state index in [9.17, 15) is 0 Å². The molecule has 3 N–H and O–H groups in total. The Kier molecular flexibility index (Phi) is 2.42.